The first kappa shape index (κ1) is 29.5. The molecule has 1 fully saturated rings. The van der Waals surface area contributed by atoms with E-state index in [9.17, 15) is 14.4 Å². The highest BCUT2D eigenvalue weighted by molar-refractivity contribution is 5.91. The van der Waals surface area contributed by atoms with Crippen LogP contribution in [0, 0.1) is 0 Å². The van der Waals surface area contributed by atoms with Gasteiger partial charge >= 0.3 is 0 Å². The van der Waals surface area contributed by atoms with Crippen LogP contribution in [0.1, 0.15) is 70.3 Å². The van der Waals surface area contributed by atoms with Crippen LogP contribution in [0.25, 0.3) is 22.2 Å². The van der Waals surface area contributed by atoms with Crippen molar-refractivity contribution >= 4 is 28.5 Å². The van der Waals surface area contributed by atoms with Gasteiger partial charge in [0.2, 0.25) is 11.8 Å². The Balaban J connectivity index is 1.36. The van der Waals surface area contributed by atoms with E-state index in [4.69, 9.17) is 0 Å². The average molecular weight is 545 g/mol. The first-order valence-corrected chi connectivity index (χ1v) is 14.9. The Morgan fingerprint density at radius 2 is 1.65 bits per heavy atom. The first-order valence-electron chi connectivity index (χ1n) is 14.9. The highest BCUT2D eigenvalue weighted by Gasteiger charge is 2.22. The lowest BCUT2D eigenvalue weighted by molar-refractivity contribution is -0.129. The molecule has 1 saturated heterocycles. The maximum atomic E-state index is 13.3. The molecule has 3 N–H and O–H groups in total. The average Bonchev–Trinajstić information content (AvgIpc) is 3.34. The van der Waals surface area contributed by atoms with Crippen molar-refractivity contribution in [1.29, 1.82) is 0 Å². The first-order chi connectivity index (χ1) is 19.5. The number of unbranched alkanes of at least 4 members (excludes halogenated alkanes) is 2. The van der Waals surface area contributed by atoms with Gasteiger partial charge in [0.05, 0.1) is 0 Å². The van der Waals surface area contributed by atoms with E-state index < -0.39 is 6.04 Å². The lowest BCUT2D eigenvalue weighted by Crippen LogP contribution is -2.47. The number of benzene rings is 2. The van der Waals surface area contributed by atoms with E-state index in [1.54, 1.807) is 6.92 Å². The summed E-state index contributed by atoms with van der Waals surface area (Å²) in [5.41, 5.74) is 4.44. The summed E-state index contributed by atoms with van der Waals surface area (Å²) in [6.45, 7) is 4.92. The minimum absolute atomic E-state index is 0.0718. The van der Waals surface area contributed by atoms with E-state index in [1.165, 1.54) is 24.8 Å². The number of ketones is 1. The number of hydrogen-bond acceptors (Lipinski definition) is 4. The molecule has 1 atom stereocenters. The summed E-state index contributed by atoms with van der Waals surface area (Å²) in [4.78, 5) is 43.3. The monoisotopic (exact) mass is 544 g/mol. The zero-order chi connectivity index (χ0) is 28.2. The van der Waals surface area contributed by atoms with Crippen LogP contribution < -0.4 is 10.6 Å². The van der Waals surface area contributed by atoms with Gasteiger partial charge < -0.3 is 25.3 Å². The van der Waals surface area contributed by atoms with Crippen LogP contribution in [-0.2, 0) is 20.8 Å². The number of hydrogen-bond donors (Lipinski definition) is 3. The van der Waals surface area contributed by atoms with Gasteiger partial charge in [0.1, 0.15) is 11.8 Å². The third-order valence-electron chi connectivity index (χ3n) is 7.83. The number of fused-ring (bicyclic) bond motifs is 1. The lowest BCUT2D eigenvalue weighted by Gasteiger charge is -2.26. The normalized spacial score (nSPS) is 14.6. The summed E-state index contributed by atoms with van der Waals surface area (Å²) < 4.78 is 0. The van der Waals surface area contributed by atoms with Crippen molar-refractivity contribution in [2.24, 2.45) is 0 Å². The van der Waals surface area contributed by atoms with Gasteiger partial charge in [-0.25, -0.2) is 0 Å². The summed E-state index contributed by atoms with van der Waals surface area (Å²) in [5.74, 6) is -0.0242. The molecule has 4 rings (SSSR count). The molecule has 1 aliphatic rings. The molecule has 214 valence electrons. The van der Waals surface area contributed by atoms with Gasteiger partial charge in [-0.15, -0.1) is 0 Å². The van der Waals surface area contributed by atoms with Crippen molar-refractivity contribution in [3.05, 3.63) is 60.2 Å². The minimum Gasteiger partial charge on any atom is -0.354 e. The second kappa shape index (κ2) is 15.4. The van der Waals surface area contributed by atoms with Crippen LogP contribution >= 0.6 is 0 Å². The Bertz CT molecular complexity index is 1250. The highest BCUT2D eigenvalue weighted by atomic mass is 16.2. The number of aromatic nitrogens is 1. The Morgan fingerprint density at radius 1 is 0.900 bits per heavy atom. The van der Waals surface area contributed by atoms with Gasteiger partial charge in [-0.05, 0) is 69.3 Å². The van der Waals surface area contributed by atoms with Crippen molar-refractivity contribution in [1.82, 2.24) is 20.5 Å². The topological polar surface area (TPSA) is 94.3 Å². The van der Waals surface area contributed by atoms with Gasteiger partial charge in [0.25, 0.3) is 0 Å². The standard InChI is InChI=1S/C33H44N4O3/c1-25(38)13-5-2-8-18-30(35-31(39)20-24-37-22-11-4-12-23-37)33(40)34-21-19-28-27-16-9-10-17-29(27)36-32(28)26-14-6-3-7-15-26/h3,6-7,9-10,14-17,30,36H,2,4-5,8,11-13,18-24H2,1H3,(H,34,40)(H,35,39)/t30-/m1/s1. The summed E-state index contributed by atoms with van der Waals surface area (Å²) in [5, 5.41) is 7.27. The van der Waals surface area contributed by atoms with Gasteiger partial charge in [0, 0.05) is 42.5 Å². The minimum atomic E-state index is -0.567. The molecule has 40 heavy (non-hydrogen) atoms. The van der Waals surface area contributed by atoms with Crippen LogP contribution in [-0.4, -0.2) is 59.7 Å². The summed E-state index contributed by atoms with van der Waals surface area (Å²) in [6, 6.07) is 17.9. The maximum absolute atomic E-state index is 13.3. The van der Waals surface area contributed by atoms with Crippen LogP contribution in [0.4, 0.5) is 0 Å². The molecule has 2 amide bonds. The van der Waals surface area contributed by atoms with Crippen LogP contribution in [0.3, 0.4) is 0 Å². The molecular formula is C33H44N4O3. The third kappa shape index (κ3) is 8.78. The van der Waals surface area contributed by atoms with Gasteiger partial charge in [-0.3, -0.25) is 9.59 Å². The van der Waals surface area contributed by atoms with E-state index in [1.807, 2.05) is 30.3 Å². The fourth-order valence-corrected chi connectivity index (χ4v) is 5.62. The molecule has 0 bridgehead atoms. The second-order valence-corrected chi connectivity index (χ2v) is 11.0. The van der Waals surface area contributed by atoms with Gasteiger partial charge in [-0.1, -0.05) is 67.8 Å². The van der Waals surface area contributed by atoms with Crippen LogP contribution in [0.5, 0.6) is 0 Å². The second-order valence-electron chi connectivity index (χ2n) is 11.0. The van der Waals surface area contributed by atoms with Crippen molar-refractivity contribution in [2.75, 3.05) is 26.2 Å². The Morgan fingerprint density at radius 3 is 2.42 bits per heavy atom. The molecule has 7 nitrogen and oxygen atoms in total. The zero-order valence-corrected chi connectivity index (χ0v) is 23.8. The molecule has 1 aliphatic heterocycles. The third-order valence-corrected chi connectivity index (χ3v) is 7.83. The van der Waals surface area contributed by atoms with Gasteiger partial charge in [-0.2, -0.15) is 0 Å². The summed E-state index contributed by atoms with van der Waals surface area (Å²) in [6.07, 6.45) is 8.33. The van der Waals surface area contributed by atoms with Crippen LogP contribution in [0.15, 0.2) is 54.6 Å². The molecule has 2 aromatic carbocycles. The van der Waals surface area contributed by atoms with E-state index in [-0.39, 0.29) is 17.6 Å². The molecule has 0 saturated carbocycles. The number of Topliss-reactive ketones (excluding diaryl/α,β-unsaturated/α-hetero) is 1. The summed E-state index contributed by atoms with van der Waals surface area (Å²) in [7, 11) is 0. The number of carbonyl (C=O) groups is 3. The highest BCUT2D eigenvalue weighted by Crippen LogP contribution is 2.30. The largest absolute Gasteiger partial charge is 0.354 e. The summed E-state index contributed by atoms with van der Waals surface area (Å²) >= 11 is 0. The van der Waals surface area contributed by atoms with Gasteiger partial charge in [0.15, 0.2) is 0 Å². The Hall–Kier alpha value is -3.45. The van der Waals surface area contributed by atoms with E-state index >= 15 is 0 Å². The SMILES string of the molecule is CC(=O)CCCCC[C@@H](NC(=O)CCN1CCCCC1)C(=O)NCCc1c(-c2ccccc2)[nH]c2ccccc12. The predicted molar refractivity (Wildman–Crippen MR) is 161 cm³/mol. The number of piperidine rings is 1. The zero-order valence-electron chi connectivity index (χ0n) is 23.8. The fraction of sp³-hybridized carbons (Fsp3) is 0.485. The van der Waals surface area contributed by atoms with Crippen molar-refractivity contribution < 1.29 is 14.4 Å². The van der Waals surface area contributed by atoms with Crippen LogP contribution in [0.2, 0.25) is 0 Å². The smallest absolute Gasteiger partial charge is 0.242 e. The number of aromatic amines is 1. The number of amides is 2. The number of H-pyrrole nitrogens is 1. The molecular weight excluding hydrogens is 500 g/mol. The number of carbonyl (C=O) groups excluding carboxylic acids is 3. The van der Waals surface area contributed by atoms with Crippen molar-refractivity contribution in [3.63, 3.8) is 0 Å². The van der Waals surface area contributed by atoms with E-state index in [2.05, 4.69) is 44.8 Å². The number of likely N-dealkylation sites (tertiary alicyclic amines) is 1. The molecule has 7 heteroatoms. The molecule has 1 aromatic heterocycles. The van der Waals surface area contributed by atoms with Crippen molar-refractivity contribution in [3.8, 4) is 11.3 Å². The van der Waals surface area contributed by atoms with E-state index in [0.717, 1.165) is 61.1 Å². The van der Waals surface area contributed by atoms with Crippen molar-refractivity contribution in [2.45, 2.75) is 77.2 Å². The number of nitrogens with one attached hydrogen (secondary N) is 3. The Labute approximate surface area is 238 Å². The molecule has 0 spiro atoms. The molecule has 0 unspecified atom stereocenters. The molecule has 0 aliphatic carbocycles. The fourth-order valence-electron chi connectivity index (χ4n) is 5.62. The maximum Gasteiger partial charge on any atom is 0.242 e. The van der Waals surface area contributed by atoms with E-state index in [0.29, 0.717) is 32.2 Å². The molecule has 2 heterocycles. The molecule has 3 aromatic rings. The lowest BCUT2D eigenvalue weighted by atomic mass is 10.0. The number of para-hydroxylation sites is 1. The number of nitrogens with zero attached hydrogens (tertiary/aromatic N) is 1. The number of rotatable bonds is 15. The molecule has 0 radical (unpaired) electrons. The quantitative estimate of drug-likeness (QED) is 0.224. The Kier molecular flexibility index (Phi) is 11.3. The predicted octanol–water partition coefficient (Wildman–Crippen LogP) is 5.39.